The van der Waals surface area contributed by atoms with Crippen LogP contribution in [0.5, 0.6) is 0 Å². The summed E-state index contributed by atoms with van der Waals surface area (Å²) < 4.78 is 13.3. The smallest absolute Gasteiger partial charge is 0.249 e. The van der Waals surface area contributed by atoms with Crippen molar-refractivity contribution in [3.05, 3.63) is 63.9 Å². The second kappa shape index (κ2) is 8.42. The van der Waals surface area contributed by atoms with Crippen LogP contribution in [0.3, 0.4) is 0 Å². The Morgan fingerprint density at radius 3 is 2.54 bits per heavy atom. The Labute approximate surface area is 147 Å². The minimum atomic E-state index is -0.639. The highest BCUT2D eigenvalue weighted by molar-refractivity contribution is 6.42. The van der Waals surface area contributed by atoms with Crippen molar-refractivity contribution in [2.45, 2.75) is 6.42 Å². The van der Waals surface area contributed by atoms with Crippen LogP contribution in [0.2, 0.25) is 10.0 Å². The van der Waals surface area contributed by atoms with Crippen molar-refractivity contribution in [1.82, 2.24) is 5.43 Å². The average Bonchev–Trinajstić information content (AvgIpc) is 2.52. The molecule has 2 aromatic carbocycles. The number of carbonyl (C=O) groups is 2. The van der Waals surface area contributed by atoms with E-state index in [0.717, 1.165) is 6.21 Å². The van der Waals surface area contributed by atoms with E-state index < -0.39 is 24.1 Å². The van der Waals surface area contributed by atoms with Gasteiger partial charge in [0.25, 0.3) is 0 Å². The first-order valence-corrected chi connectivity index (χ1v) is 7.52. The van der Waals surface area contributed by atoms with Gasteiger partial charge in [-0.25, -0.2) is 9.82 Å². The molecule has 0 atom stereocenters. The van der Waals surface area contributed by atoms with Crippen LogP contribution in [-0.2, 0) is 9.59 Å². The molecule has 2 N–H and O–H groups in total. The number of amides is 2. The molecule has 0 aliphatic rings. The van der Waals surface area contributed by atoms with Crippen molar-refractivity contribution in [2.24, 2.45) is 5.10 Å². The predicted octanol–water partition coefficient (Wildman–Crippen LogP) is 3.61. The minimum absolute atomic E-state index is 0.220. The van der Waals surface area contributed by atoms with Crippen LogP contribution in [0.25, 0.3) is 0 Å². The summed E-state index contributed by atoms with van der Waals surface area (Å²) in [7, 11) is 0. The van der Waals surface area contributed by atoms with E-state index in [9.17, 15) is 14.0 Å². The molecular formula is C16H12Cl2FN3O2. The third-order valence-corrected chi connectivity index (χ3v) is 3.56. The topological polar surface area (TPSA) is 70.6 Å². The van der Waals surface area contributed by atoms with Crippen molar-refractivity contribution in [1.29, 1.82) is 0 Å². The van der Waals surface area contributed by atoms with E-state index in [-0.39, 0.29) is 10.6 Å². The Balaban J connectivity index is 1.84. The molecule has 0 heterocycles. The van der Waals surface area contributed by atoms with Gasteiger partial charge in [0.2, 0.25) is 11.8 Å². The van der Waals surface area contributed by atoms with Gasteiger partial charge in [-0.1, -0.05) is 41.4 Å². The van der Waals surface area contributed by atoms with Gasteiger partial charge in [-0.05, 0) is 24.3 Å². The predicted molar refractivity (Wildman–Crippen MR) is 91.8 cm³/mol. The SMILES string of the molecule is O=C(CC(=O)Nc1ccc(Cl)c(Cl)c1)N/N=C/c1ccccc1F. The lowest BCUT2D eigenvalue weighted by atomic mass is 10.2. The first-order valence-electron chi connectivity index (χ1n) is 6.77. The summed E-state index contributed by atoms with van der Waals surface area (Å²) in [6.07, 6.45) is 0.707. The van der Waals surface area contributed by atoms with Gasteiger partial charge in [0.1, 0.15) is 12.2 Å². The van der Waals surface area contributed by atoms with Crippen molar-refractivity contribution >= 4 is 46.9 Å². The van der Waals surface area contributed by atoms with E-state index in [4.69, 9.17) is 23.2 Å². The summed E-state index contributed by atoms with van der Waals surface area (Å²) in [6.45, 7) is 0. The molecule has 24 heavy (non-hydrogen) atoms. The fourth-order valence-corrected chi connectivity index (χ4v) is 2.02. The molecule has 2 rings (SSSR count). The molecule has 2 amide bonds. The molecule has 0 fully saturated rings. The number of hydrogen-bond acceptors (Lipinski definition) is 3. The molecule has 0 radical (unpaired) electrons. The standard InChI is InChI=1S/C16H12Cl2FN3O2/c17-12-6-5-11(7-13(12)18)21-15(23)8-16(24)22-20-9-10-3-1-2-4-14(10)19/h1-7,9H,8H2,(H,21,23)(H,22,24)/b20-9+. The third kappa shape index (κ3) is 5.33. The van der Waals surface area contributed by atoms with E-state index in [1.807, 2.05) is 0 Å². The van der Waals surface area contributed by atoms with Crippen molar-refractivity contribution in [3.63, 3.8) is 0 Å². The number of nitrogens with zero attached hydrogens (tertiary/aromatic N) is 1. The van der Waals surface area contributed by atoms with Gasteiger partial charge >= 0.3 is 0 Å². The second-order valence-electron chi connectivity index (χ2n) is 4.67. The van der Waals surface area contributed by atoms with Gasteiger partial charge < -0.3 is 5.32 Å². The van der Waals surface area contributed by atoms with Crippen LogP contribution in [0.1, 0.15) is 12.0 Å². The Bertz CT molecular complexity index is 797. The molecule has 8 heteroatoms. The van der Waals surface area contributed by atoms with Gasteiger partial charge in [0.05, 0.1) is 16.3 Å². The number of nitrogens with one attached hydrogen (secondary N) is 2. The quantitative estimate of drug-likeness (QED) is 0.481. The molecule has 0 bridgehead atoms. The maximum atomic E-state index is 13.3. The van der Waals surface area contributed by atoms with Gasteiger partial charge in [-0.3, -0.25) is 9.59 Å². The largest absolute Gasteiger partial charge is 0.326 e. The average molecular weight is 368 g/mol. The highest BCUT2D eigenvalue weighted by atomic mass is 35.5. The lowest BCUT2D eigenvalue weighted by molar-refractivity contribution is -0.126. The Hall–Kier alpha value is -2.44. The highest BCUT2D eigenvalue weighted by Crippen LogP contribution is 2.24. The molecule has 0 saturated carbocycles. The Morgan fingerprint density at radius 2 is 1.83 bits per heavy atom. The Kier molecular flexibility index (Phi) is 6.28. The molecule has 0 spiro atoms. The van der Waals surface area contributed by atoms with Crippen LogP contribution in [0.4, 0.5) is 10.1 Å². The molecule has 0 aliphatic heterocycles. The highest BCUT2D eigenvalue weighted by Gasteiger charge is 2.10. The number of benzene rings is 2. The van der Waals surface area contributed by atoms with E-state index in [1.54, 1.807) is 18.2 Å². The number of hydrogen-bond donors (Lipinski definition) is 2. The summed E-state index contributed by atoms with van der Waals surface area (Å²) in [6, 6.07) is 10.5. The van der Waals surface area contributed by atoms with Gasteiger partial charge in [-0.2, -0.15) is 5.10 Å². The molecule has 0 aliphatic carbocycles. The van der Waals surface area contributed by atoms with Gasteiger partial charge in [0.15, 0.2) is 0 Å². The molecule has 2 aromatic rings. The van der Waals surface area contributed by atoms with Crippen LogP contribution in [0, 0.1) is 5.82 Å². The van der Waals surface area contributed by atoms with Crippen LogP contribution >= 0.6 is 23.2 Å². The third-order valence-electron chi connectivity index (χ3n) is 2.82. The zero-order chi connectivity index (χ0) is 17.5. The molecular weight excluding hydrogens is 356 g/mol. The van der Waals surface area contributed by atoms with Crippen LogP contribution in [0.15, 0.2) is 47.6 Å². The molecule has 0 saturated heterocycles. The first kappa shape index (κ1) is 17.9. The Morgan fingerprint density at radius 1 is 1.08 bits per heavy atom. The van der Waals surface area contributed by atoms with E-state index >= 15 is 0 Å². The van der Waals surface area contributed by atoms with Crippen molar-refractivity contribution in [2.75, 3.05) is 5.32 Å². The molecule has 5 nitrogen and oxygen atoms in total. The molecule has 124 valence electrons. The fourth-order valence-electron chi connectivity index (χ4n) is 1.72. The van der Waals surface area contributed by atoms with Crippen molar-refractivity contribution in [3.8, 4) is 0 Å². The van der Waals surface area contributed by atoms with Gasteiger partial charge in [0, 0.05) is 11.3 Å². The molecule has 0 unspecified atom stereocenters. The molecule has 0 aromatic heterocycles. The maximum Gasteiger partial charge on any atom is 0.249 e. The summed E-state index contributed by atoms with van der Waals surface area (Å²) in [5, 5.41) is 6.75. The zero-order valence-corrected chi connectivity index (χ0v) is 13.7. The number of anilines is 1. The summed E-state index contributed by atoms with van der Waals surface area (Å²) in [4.78, 5) is 23.4. The second-order valence-corrected chi connectivity index (χ2v) is 5.48. The maximum absolute atomic E-state index is 13.3. The van der Waals surface area contributed by atoms with Crippen LogP contribution < -0.4 is 10.7 Å². The number of halogens is 3. The lowest BCUT2D eigenvalue weighted by Gasteiger charge is -2.05. The summed E-state index contributed by atoms with van der Waals surface area (Å²) >= 11 is 11.6. The first-order chi connectivity index (χ1) is 11.5. The zero-order valence-electron chi connectivity index (χ0n) is 12.2. The fraction of sp³-hybridized carbons (Fsp3) is 0.0625. The normalized spacial score (nSPS) is 10.6. The monoisotopic (exact) mass is 367 g/mol. The number of rotatable bonds is 5. The number of carbonyl (C=O) groups excluding carboxylic acids is 2. The minimum Gasteiger partial charge on any atom is -0.326 e. The summed E-state index contributed by atoms with van der Waals surface area (Å²) in [5.41, 5.74) is 2.79. The summed E-state index contributed by atoms with van der Waals surface area (Å²) in [5.74, 6) is -1.65. The van der Waals surface area contributed by atoms with E-state index in [1.165, 1.54) is 24.3 Å². The van der Waals surface area contributed by atoms with Crippen molar-refractivity contribution < 1.29 is 14.0 Å². The van der Waals surface area contributed by atoms with Crippen LogP contribution in [-0.4, -0.2) is 18.0 Å². The number of hydrazone groups is 1. The lowest BCUT2D eigenvalue weighted by Crippen LogP contribution is -2.24. The van der Waals surface area contributed by atoms with E-state index in [2.05, 4.69) is 15.8 Å². The van der Waals surface area contributed by atoms with E-state index in [0.29, 0.717) is 10.7 Å². The van der Waals surface area contributed by atoms with Gasteiger partial charge in [-0.15, -0.1) is 0 Å².